The highest BCUT2D eigenvalue weighted by molar-refractivity contribution is 7.89. The summed E-state index contributed by atoms with van der Waals surface area (Å²) in [6.45, 7) is 4.86. The maximum atomic E-state index is 13.9. The zero-order valence-corrected chi connectivity index (χ0v) is 24.6. The quantitative estimate of drug-likeness (QED) is 0.358. The summed E-state index contributed by atoms with van der Waals surface area (Å²) in [5, 5.41) is 1.09. The van der Waals surface area contributed by atoms with Crippen LogP contribution in [0.5, 0.6) is 5.75 Å². The van der Waals surface area contributed by atoms with Gasteiger partial charge < -0.3 is 9.47 Å². The Kier molecular flexibility index (Phi) is 9.23. The lowest BCUT2D eigenvalue weighted by Crippen LogP contribution is -2.45. The van der Waals surface area contributed by atoms with Gasteiger partial charge in [-0.15, -0.1) is 0 Å². The number of halogens is 2. The Morgan fingerprint density at radius 1 is 1.15 bits per heavy atom. The molecule has 0 spiro atoms. The van der Waals surface area contributed by atoms with Crippen LogP contribution in [-0.2, 0) is 19.6 Å². The number of morpholine rings is 1. The number of carbonyl (C=O) groups is 1. The van der Waals surface area contributed by atoms with Crippen LogP contribution >= 0.6 is 22.9 Å². The van der Waals surface area contributed by atoms with Crippen molar-refractivity contribution in [2.24, 2.45) is 5.92 Å². The summed E-state index contributed by atoms with van der Waals surface area (Å²) in [6, 6.07) is 8.33. The van der Waals surface area contributed by atoms with Crippen molar-refractivity contribution in [1.29, 1.82) is 0 Å². The largest absolute Gasteiger partial charge is 0.494 e. The van der Waals surface area contributed by atoms with Gasteiger partial charge in [0.2, 0.25) is 15.9 Å². The first-order chi connectivity index (χ1) is 19.3. The van der Waals surface area contributed by atoms with Crippen LogP contribution in [0.2, 0.25) is 5.02 Å². The molecule has 0 N–H and O–H groups in total. The zero-order valence-electron chi connectivity index (χ0n) is 22.2. The van der Waals surface area contributed by atoms with Gasteiger partial charge in [0.1, 0.15) is 17.1 Å². The third kappa shape index (κ3) is 6.27. The number of aromatic nitrogens is 1. The van der Waals surface area contributed by atoms with Gasteiger partial charge in [0.05, 0.1) is 34.9 Å². The standard InChI is InChI=1S/C27H32ClFN4O5S2/c1-37-23-8-7-22(28)25-24(23)30-27(39-25)33(12-2-11-31-15-17-38-18-16-31)26(34)19-9-13-32(14-10-19)40(35,36)21-5-3-20(29)4-6-21/h3-8,19H,2,9-18H2,1H3. The molecule has 5 rings (SSSR count). The predicted octanol–water partition coefficient (Wildman–Crippen LogP) is 4.25. The van der Waals surface area contributed by atoms with E-state index in [0.29, 0.717) is 54.0 Å². The number of thiazole rings is 1. The molecule has 2 aliphatic rings. The molecule has 9 nitrogen and oxygen atoms in total. The molecule has 40 heavy (non-hydrogen) atoms. The van der Waals surface area contributed by atoms with E-state index in [2.05, 4.69) is 4.90 Å². The number of piperidine rings is 1. The SMILES string of the molecule is COc1ccc(Cl)c2sc(N(CCCN3CCOCC3)C(=O)C3CCN(S(=O)(=O)c4ccc(F)cc4)CC3)nc12. The number of rotatable bonds is 9. The van der Waals surface area contributed by atoms with Crippen LogP contribution in [0.1, 0.15) is 19.3 Å². The highest BCUT2D eigenvalue weighted by Crippen LogP contribution is 2.39. The van der Waals surface area contributed by atoms with Crippen molar-refractivity contribution in [3.05, 3.63) is 47.2 Å². The number of carbonyl (C=O) groups excluding carboxylic acids is 1. The topological polar surface area (TPSA) is 92.3 Å². The fourth-order valence-electron chi connectivity index (χ4n) is 5.12. The van der Waals surface area contributed by atoms with Gasteiger partial charge >= 0.3 is 0 Å². The molecule has 0 unspecified atom stereocenters. The van der Waals surface area contributed by atoms with Gasteiger partial charge in [0.25, 0.3) is 0 Å². The lowest BCUT2D eigenvalue weighted by atomic mass is 9.96. The first-order valence-corrected chi connectivity index (χ1v) is 15.9. The summed E-state index contributed by atoms with van der Waals surface area (Å²) < 4.78 is 52.5. The molecule has 2 aromatic carbocycles. The van der Waals surface area contributed by atoms with Gasteiger partial charge in [-0.3, -0.25) is 14.6 Å². The predicted molar refractivity (Wildman–Crippen MR) is 153 cm³/mol. The molecule has 13 heteroatoms. The molecule has 0 saturated carbocycles. The van der Waals surface area contributed by atoms with Crippen LogP contribution in [0.4, 0.5) is 9.52 Å². The maximum Gasteiger partial charge on any atom is 0.243 e. The molecule has 216 valence electrons. The van der Waals surface area contributed by atoms with Crippen LogP contribution in [-0.4, -0.2) is 88.1 Å². The highest BCUT2D eigenvalue weighted by atomic mass is 35.5. The number of amides is 1. The third-order valence-electron chi connectivity index (χ3n) is 7.38. The molecule has 2 aliphatic heterocycles. The lowest BCUT2D eigenvalue weighted by molar-refractivity contribution is -0.123. The van der Waals surface area contributed by atoms with E-state index in [1.807, 2.05) is 0 Å². The number of fused-ring (bicyclic) bond motifs is 1. The number of hydrogen-bond acceptors (Lipinski definition) is 8. The van der Waals surface area contributed by atoms with E-state index in [1.165, 1.54) is 27.8 Å². The normalized spacial score (nSPS) is 17.8. The molecule has 1 aromatic heterocycles. The number of sulfonamides is 1. The van der Waals surface area contributed by atoms with Gasteiger partial charge in [0, 0.05) is 45.2 Å². The number of nitrogens with zero attached hydrogens (tertiary/aromatic N) is 4. The van der Waals surface area contributed by atoms with E-state index in [0.717, 1.165) is 42.9 Å². The number of benzene rings is 2. The molecule has 1 amide bonds. The number of ether oxygens (including phenoxy) is 2. The Morgan fingerprint density at radius 3 is 2.52 bits per heavy atom. The van der Waals surface area contributed by atoms with E-state index < -0.39 is 15.8 Å². The zero-order chi connectivity index (χ0) is 28.3. The summed E-state index contributed by atoms with van der Waals surface area (Å²) >= 11 is 7.82. The van der Waals surface area contributed by atoms with E-state index >= 15 is 0 Å². The van der Waals surface area contributed by atoms with Crippen molar-refractivity contribution in [1.82, 2.24) is 14.2 Å². The minimum absolute atomic E-state index is 0.0451. The summed E-state index contributed by atoms with van der Waals surface area (Å²) in [5.74, 6) is -0.338. The third-order valence-corrected chi connectivity index (χ3v) is 10.8. The van der Waals surface area contributed by atoms with E-state index in [9.17, 15) is 17.6 Å². The Hall–Kier alpha value is -2.35. The second-order valence-electron chi connectivity index (χ2n) is 9.85. The molecule has 3 heterocycles. The first-order valence-electron chi connectivity index (χ1n) is 13.3. The molecule has 0 aliphatic carbocycles. The molecular formula is C27H32ClFN4O5S2. The van der Waals surface area contributed by atoms with Crippen LogP contribution in [0.3, 0.4) is 0 Å². The number of methoxy groups -OCH3 is 1. The molecule has 0 bridgehead atoms. The number of anilines is 1. The molecule has 0 atom stereocenters. The number of hydrogen-bond donors (Lipinski definition) is 0. The van der Waals surface area contributed by atoms with Gasteiger partial charge in [-0.05, 0) is 55.7 Å². The lowest BCUT2D eigenvalue weighted by Gasteiger charge is -2.33. The van der Waals surface area contributed by atoms with Crippen LogP contribution in [0.25, 0.3) is 10.2 Å². The first kappa shape index (κ1) is 29.2. The molecule has 0 radical (unpaired) electrons. The summed E-state index contributed by atoms with van der Waals surface area (Å²) in [7, 11) is -2.20. The summed E-state index contributed by atoms with van der Waals surface area (Å²) in [4.78, 5) is 22.8. The smallest absolute Gasteiger partial charge is 0.243 e. The van der Waals surface area contributed by atoms with Crippen molar-refractivity contribution in [3.63, 3.8) is 0 Å². The minimum atomic E-state index is -3.77. The van der Waals surface area contributed by atoms with E-state index in [1.54, 1.807) is 24.1 Å². The van der Waals surface area contributed by atoms with Gasteiger partial charge in [-0.2, -0.15) is 4.31 Å². The second kappa shape index (κ2) is 12.7. The minimum Gasteiger partial charge on any atom is -0.494 e. The summed E-state index contributed by atoms with van der Waals surface area (Å²) in [6.07, 6.45) is 1.52. The highest BCUT2D eigenvalue weighted by Gasteiger charge is 2.35. The molecule has 3 aromatic rings. The summed E-state index contributed by atoms with van der Waals surface area (Å²) in [5.41, 5.74) is 0.612. The monoisotopic (exact) mass is 610 g/mol. The van der Waals surface area contributed by atoms with Crippen molar-refractivity contribution in [2.75, 3.05) is 64.5 Å². The maximum absolute atomic E-state index is 13.9. The second-order valence-corrected chi connectivity index (χ2v) is 13.2. The molecular weight excluding hydrogens is 579 g/mol. The van der Waals surface area contributed by atoms with E-state index in [4.69, 9.17) is 26.1 Å². The van der Waals surface area contributed by atoms with Crippen LogP contribution < -0.4 is 9.64 Å². The van der Waals surface area contributed by atoms with Crippen LogP contribution in [0.15, 0.2) is 41.3 Å². The molecule has 2 saturated heterocycles. The van der Waals surface area contributed by atoms with Crippen LogP contribution in [0, 0.1) is 11.7 Å². The Labute approximate surface area is 242 Å². The van der Waals surface area contributed by atoms with Gasteiger partial charge in [-0.25, -0.2) is 17.8 Å². The average Bonchev–Trinajstić information content (AvgIpc) is 3.42. The average molecular weight is 611 g/mol. The fraction of sp³-hybridized carbons (Fsp3) is 0.481. The Bertz CT molecular complexity index is 1440. The van der Waals surface area contributed by atoms with Crippen molar-refractivity contribution in [3.8, 4) is 5.75 Å². The van der Waals surface area contributed by atoms with Gasteiger partial charge in [0.15, 0.2) is 5.13 Å². The fourth-order valence-corrected chi connectivity index (χ4v) is 7.88. The Morgan fingerprint density at radius 2 is 1.85 bits per heavy atom. The van der Waals surface area contributed by atoms with Crippen molar-refractivity contribution < 1.29 is 27.1 Å². The van der Waals surface area contributed by atoms with Crippen molar-refractivity contribution in [2.45, 2.75) is 24.2 Å². The Balaban J connectivity index is 1.33. The van der Waals surface area contributed by atoms with E-state index in [-0.39, 0.29) is 29.8 Å². The van der Waals surface area contributed by atoms with Gasteiger partial charge in [-0.1, -0.05) is 22.9 Å². The molecule has 2 fully saturated rings. The van der Waals surface area contributed by atoms with Crippen molar-refractivity contribution >= 4 is 54.2 Å².